The molecule has 4 nitrogen and oxygen atoms in total. The standard InChI is InChI=1S/C31H27F2NO3/c32-25-10-8-22(9-11-25)29(36)17-16-28-30(34(31(28)37)27-14-12-26(33)13-15-27)23-6-4-21(5-7-23)24-3-1-2-20(18-24)19-35/h1-15,18,28-30,35-36H,16-17,19H2/t28-,29+,30-/m1/s1. The summed E-state index contributed by atoms with van der Waals surface area (Å²) < 4.78 is 26.8. The lowest BCUT2D eigenvalue weighted by Gasteiger charge is -2.48. The number of aliphatic hydroxyl groups excluding tert-OH is 2. The van der Waals surface area contributed by atoms with Crippen LogP contribution in [0.5, 0.6) is 0 Å². The number of β-lactam (4-membered cyclic amide) rings is 1. The van der Waals surface area contributed by atoms with E-state index in [-0.39, 0.29) is 36.1 Å². The largest absolute Gasteiger partial charge is 0.392 e. The Bertz CT molecular complexity index is 1370. The molecule has 4 aromatic rings. The predicted octanol–water partition coefficient (Wildman–Crippen LogP) is 6.34. The van der Waals surface area contributed by atoms with E-state index >= 15 is 0 Å². The molecule has 3 atom stereocenters. The number of aliphatic hydroxyl groups is 2. The highest BCUT2D eigenvalue weighted by Crippen LogP contribution is 2.46. The van der Waals surface area contributed by atoms with E-state index < -0.39 is 6.10 Å². The van der Waals surface area contributed by atoms with E-state index in [4.69, 9.17) is 0 Å². The summed E-state index contributed by atoms with van der Waals surface area (Å²) in [7, 11) is 0. The summed E-state index contributed by atoms with van der Waals surface area (Å²) in [5, 5.41) is 20.1. The number of hydrogen-bond acceptors (Lipinski definition) is 3. The van der Waals surface area contributed by atoms with Crippen LogP contribution in [0.2, 0.25) is 0 Å². The number of carbonyl (C=O) groups excluding carboxylic acids is 1. The third-order valence-electron chi connectivity index (χ3n) is 7.02. The number of anilines is 1. The summed E-state index contributed by atoms with van der Waals surface area (Å²) in [6.07, 6.45) is -0.0166. The van der Waals surface area contributed by atoms with Gasteiger partial charge in [-0.2, -0.15) is 0 Å². The third kappa shape index (κ3) is 5.17. The van der Waals surface area contributed by atoms with Crippen LogP contribution in [0.15, 0.2) is 97.1 Å². The second-order valence-electron chi connectivity index (χ2n) is 9.36. The van der Waals surface area contributed by atoms with Crippen molar-refractivity contribution in [2.45, 2.75) is 31.6 Å². The zero-order valence-corrected chi connectivity index (χ0v) is 20.1. The van der Waals surface area contributed by atoms with Crippen LogP contribution < -0.4 is 4.90 Å². The topological polar surface area (TPSA) is 60.8 Å². The first kappa shape index (κ1) is 24.8. The van der Waals surface area contributed by atoms with Crippen LogP contribution in [0.25, 0.3) is 11.1 Å². The fraction of sp³-hybridized carbons (Fsp3) is 0.194. The maximum absolute atomic E-state index is 13.6. The Balaban J connectivity index is 1.40. The highest BCUT2D eigenvalue weighted by Gasteiger charge is 2.48. The van der Waals surface area contributed by atoms with Crippen molar-refractivity contribution in [1.82, 2.24) is 0 Å². The Kier molecular flexibility index (Phi) is 7.12. The SMILES string of the molecule is O=C1[C@H](CC[C@H](O)c2ccc(F)cc2)[C@@H](c2ccc(-c3cccc(CO)c3)cc2)N1c1ccc(F)cc1. The smallest absolute Gasteiger partial charge is 0.233 e. The molecule has 1 aliphatic rings. The fourth-order valence-electron chi connectivity index (χ4n) is 5.01. The molecule has 0 spiro atoms. The van der Waals surface area contributed by atoms with Gasteiger partial charge in [-0.3, -0.25) is 4.79 Å². The number of hydrogen-bond donors (Lipinski definition) is 2. The monoisotopic (exact) mass is 499 g/mol. The van der Waals surface area contributed by atoms with Gasteiger partial charge in [0.1, 0.15) is 11.6 Å². The lowest BCUT2D eigenvalue weighted by atomic mass is 9.78. The van der Waals surface area contributed by atoms with Crippen molar-refractivity contribution >= 4 is 11.6 Å². The average molecular weight is 500 g/mol. The molecular weight excluding hydrogens is 472 g/mol. The molecule has 0 bridgehead atoms. The van der Waals surface area contributed by atoms with Crippen molar-refractivity contribution in [3.8, 4) is 11.1 Å². The lowest BCUT2D eigenvalue weighted by Crippen LogP contribution is -2.55. The Morgan fingerprint density at radius 3 is 2.11 bits per heavy atom. The van der Waals surface area contributed by atoms with Crippen LogP contribution in [0, 0.1) is 17.6 Å². The molecule has 0 radical (unpaired) electrons. The molecule has 0 unspecified atom stereocenters. The minimum atomic E-state index is -0.810. The number of amides is 1. The van der Waals surface area contributed by atoms with Gasteiger partial charge in [0.15, 0.2) is 0 Å². The van der Waals surface area contributed by atoms with Crippen molar-refractivity contribution in [2.75, 3.05) is 4.90 Å². The van der Waals surface area contributed by atoms with E-state index in [1.165, 1.54) is 24.3 Å². The quantitative estimate of drug-likeness (QED) is 0.278. The summed E-state index contributed by atoms with van der Waals surface area (Å²) in [4.78, 5) is 14.9. The van der Waals surface area contributed by atoms with Gasteiger partial charge in [-0.15, -0.1) is 0 Å². The minimum absolute atomic E-state index is 0.0335. The molecule has 1 amide bonds. The zero-order chi connectivity index (χ0) is 25.9. The number of rotatable bonds is 8. The molecule has 4 aromatic carbocycles. The molecule has 0 saturated carbocycles. The first-order valence-electron chi connectivity index (χ1n) is 12.3. The Morgan fingerprint density at radius 1 is 0.811 bits per heavy atom. The van der Waals surface area contributed by atoms with E-state index in [0.29, 0.717) is 24.1 Å². The van der Waals surface area contributed by atoms with Gasteiger partial charge in [0, 0.05) is 5.69 Å². The van der Waals surface area contributed by atoms with Crippen molar-refractivity contribution in [1.29, 1.82) is 0 Å². The minimum Gasteiger partial charge on any atom is -0.392 e. The lowest BCUT2D eigenvalue weighted by molar-refractivity contribution is -0.131. The number of halogens is 2. The Morgan fingerprint density at radius 2 is 1.46 bits per heavy atom. The molecule has 37 heavy (non-hydrogen) atoms. The second kappa shape index (κ2) is 10.6. The molecule has 1 aliphatic heterocycles. The summed E-state index contributed by atoms with van der Waals surface area (Å²) in [5.41, 5.74) is 4.96. The molecule has 6 heteroatoms. The van der Waals surface area contributed by atoms with Gasteiger partial charge in [-0.25, -0.2) is 8.78 Å². The summed E-state index contributed by atoms with van der Waals surface area (Å²) in [6, 6.07) is 26.9. The molecule has 1 saturated heterocycles. The maximum atomic E-state index is 13.6. The molecule has 2 N–H and O–H groups in total. The third-order valence-corrected chi connectivity index (χ3v) is 7.02. The molecule has 188 valence electrons. The van der Waals surface area contributed by atoms with Crippen LogP contribution in [-0.4, -0.2) is 16.1 Å². The summed E-state index contributed by atoms with van der Waals surface area (Å²) in [5.74, 6) is -1.18. The number of benzene rings is 4. The maximum Gasteiger partial charge on any atom is 0.233 e. The van der Waals surface area contributed by atoms with Gasteiger partial charge in [0.2, 0.25) is 5.91 Å². The predicted molar refractivity (Wildman–Crippen MR) is 139 cm³/mol. The molecule has 1 fully saturated rings. The molecule has 5 rings (SSSR count). The molecule has 1 heterocycles. The Labute approximate surface area is 214 Å². The van der Waals surface area contributed by atoms with E-state index in [1.54, 1.807) is 29.2 Å². The van der Waals surface area contributed by atoms with Crippen molar-refractivity contribution < 1.29 is 23.8 Å². The number of nitrogens with zero attached hydrogens (tertiary/aromatic N) is 1. The van der Waals surface area contributed by atoms with Gasteiger partial charge in [-0.05, 0) is 83.1 Å². The second-order valence-corrected chi connectivity index (χ2v) is 9.36. The first-order valence-corrected chi connectivity index (χ1v) is 12.3. The number of carbonyl (C=O) groups is 1. The van der Waals surface area contributed by atoms with E-state index in [1.807, 2.05) is 48.5 Å². The van der Waals surface area contributed by atoms with Crippen LogP contribution in [-0.2, 0) is 11.4 Å². The summed E-state index contributed by atoms with van der Waals surface area (Å²) in [6.45, 7) is -0.0335. The van der Waals surface area contributed by atoms with Gasteiger partial charge in [-0.1, -0.05) is 54.6 Å². The first-order chi connectivity index (χ1) is 17.9. The van der Waals surface area contributed by atoms with Gasteiger partial charge < -0.3 is 15.1 Å². The molecule has 0 aliphatic carbocycles. The van der Waals surface area contributed by atoms with Gasteiger partial charge in [0.05, 0.1) is 24.7 Å². The van der Waals surface area contributed by atoms with Crippen molar-refractivity contribution in [2.24, 2.45) is 5.92 Å². The van der Waals surface area contributed by atoms with Crippen molar-refractivity contribution in [3.63, 3.8) is 0 Å². The van der Waals surface area contributed by atoms with Crippen LogP contribution >= 0.6 is 0 Å². The highest BCUT2D eigenvalue weighted by molar-refractivity contribution is 6.03. The van der Waals surface area contributed by atoms with Crippen LogP contribution in [0.1, 0.15) is 41.7 Å². The molecule has 0 aromatic heterocycles. The highest BCUT2D eigenvalue weighted by atomic mass is 19.1. The normalized spacial score (nSPS) is 17.9. The zero-order valence-electron chi connectivity index (χ0n) is 20.1. The van der Waals surface area contributed by atoms with E-state index in [2.05, 4.69) is 0 Å². The van der Waals surface area contributed by atoms with E-state index in [9.17, 15) is 23.8 Å². The fourth-order valence-corrected chi connectivity index (χ4v) is 5.01. The van der Waals surface area contributed by atoms with Crippen LogP contribution in [0.4, 0.5) is 14.5 Å². The Hall–Kier alpha value is -3.87. The van der Waals surface area contributed by atoms with E-state index in [0.717, 1.165) is 22.3 Å². The van der Waals surface area contributed by atoms with Crippen LogP contribution in [0.3, 0.4) is 0 Å². The van der Waals surface area contributed by atoms with Gasteiger partial charge in [0.25, 0.3) is 0 Å². The van der Waals surface area contributed by atoms with Crippen molar-refractivity contribution in [3.05, 3.63) is 125 Å². The summed E-state index contributed by atoms with van der Waals surface area (Å²) >= 11 is 0. The average Bonchev–Trinajstić information content (AvgIpc) is 2.93. The molecular formula is C31H27F2NO3. The van der Waals surface area contributed by atoms with Gasteiger partial charge >= 0.3 is 0 Å².